The van der Waals surface area contributed by atoms with Gasteiger partial charge in [-0.3, -0.25) is 4.90 Å². The maximum Gasteiger partial charge on any atom is 0.223 e. The zero-order valence-corrected chi connectivity index (χ0v) is 14.4. The fourth-order valence-corrected chi connectivity index (χ4v) is 3.91. The molecule has 134 valence electrons. The second kappa shape index (κ2) is 6.72. The molecule has 2 aliphatic heterocycles. The average molecular weight is 346 g/mol. The van der Waals surface area contributed by atoms with Crippen LogP contribution < -0.4 is 5.32 Å². The van der Waals surface area contributed by atoms with Crippen molar-refractivity contribution in [2.75, 3.05) is 25.0 Å². The van der Waals surface area contributed by atoms with Gasteiger partial charge in [-0.05, 0) is 38.4 Å². The predicted octanol–water partition coefficient (Wildman–Crippen LogP) is 2.75. The van der Waals surface area contributed by atoms with Crippen LogP contribution >= 0.6 is 0 Å². The van der Waals surface area contributed by atoms with Crippen LogP contribution in [0.25, 0.3) is 0 Å². The molecule has 2 aromatic heterocycles. The second-order valence-corrected chi connectivity index (χ2v) is 7.09. The zero-order valence-electron chi connectivity index (χ0n) is 14.4. The van der Waals surface area contributed by atoms with Gasteiger partial charge in [0.2, 0.25) is 5.95 Å². The van der Waals surface area contributed by atoms with Crippen LogP contribution in [0.3, 0.4) is 0 Å². The van der Waals surface area contributed by atoms with Gasteiger partial charge in [0.25, 0.3) is 0 Å². The minimum atomic E-state index is -0.430. The number of nitrogens with zero attached hydrogens (tertiary/aromatic N) is 3. The van der Waals surface area contributed by atoms with E-state index < -0.39 is 5.82 Å². The Labute approximate surface area is 146 Å². The van der Waals surface area contributed by atoms with Gasteiger partial charge >= 0.3 is 0 Å². The fraction of sp³-hybridized carbons (Fsp3) is 0.556. The molecule has 2 aliphatic rings. The van der Waals surface area contributed by atoms with E-state index in [9.17, 15) is 4.39 Å². The van der Waals surface area contributed by atoms with Crippen molar-refractivity contribution in [3.8, 4) is 0 Å². The van der Waals surface area contributed by atoms with Crippen LogP contribution in [0.5, 0.6) is 0 Å². The number of hydrogen-bond donors (Lipinski definition) is 1. The summed E-state index contributed by atoms with van der Waals surface area (Å²) in [6.45, 7) is 5.36. The molecule has 4 heterocycles. The lowest BCUT2D eigenvalue weighted by molar-refractivity contribution is -0.0544. The van der Waals surface area contributed by atoms with Crippen molar-refractivity contribution in [3.05, 3.63) is 41.9 Å². The van der Waals surface area contributed by atoms with E-state index in [4.69, 9.17) is 9.15 Å². The third kappa shape index (κ3) is 3.82. The van der Waals surface area contributed by atoms with Crippen molar-refractivity contribution in [1.29, 1.82) is 0 Å². The summed E-state index contributed by atoms with van der Waals surface area (Å²) in [6.07, 6.45) is 5.42. The molecule has 7 heteroatoms. The summed E-state index contributed by atoms with van der Waals surface area (Å²) in [5.74, 6) is 1.97. The van der Waals surface area contributed by atoms with Crippen LogP contribution in [-0.2, 0) is 11.3 Å². The number of ether oxygens (including phenoxy) is 1. The Bertz CT molecular complexity index is 720. The molecule has 6 nitrogen and oxygen atoms in total. The maximum atomic E-state index is 12.9. The third-order valence-corrected chi connectivity index (χ3v) is 4.96. The van der Waals surface area contributed by atoms with E-state index in [-0.39, 0.29) is 11.6 Å². The number of anilines is 1. The van der Waals surface area contributed by atoms with Crippen LogP contribution in [0.15, 0.2) is 28.9 Å². The molecule has 2 fully saturated rings. The summed E-state index contributed by atoms with van der Waals surface area (Å²) >= 11 is 0. The first kappa shape index (κ1) is 16.5. The summed E-state index contributed by atoms with van der Waals surface area (Å²) in [5.41, 5.74) is -0.127. The minimum absolute atomic E-state index is 0.127. The molecule has 0 aromatic carbocycles. The van der Waals surface area contributed by atoms with E-state index in [1.165, 1.54) is 12.4 Å². The van der Waals surface area contributed by atoms with Gasteiger partial charge < -0.3 is 14.5 Å². The number of piperidine rings is 1. The van der Waals surface area contributed by atoms with Crippen molar-refractivity contribution in [2.24, 2.45) is 0 Å². The van der Waals surface area contributed by atoms with E-state index >= 15 is 0 Å². The van der Waals surface area contributed by atoms with E-state index in [2.05, 4.69) is 20.2 Å². The first-order chi connectivity index (χ1) is 12.1. The summed E-state index contributed by atoms with van der Waals surface area (Å²) in [4.78, 5) is 10.3. The predicted molar refractivity (Wildman–Crippen MR) is 90.7 cm³/mol. The average Bonchev–Trinajstić information content (AvgIpc) is 3.16. The lowest BCUT2D eigenvalue weighted by atomic mass is 9.88. The molecule has 2 atom stereocenters. The van der Waals surface area contributed by atoms with Gasteiger partial charge in [0.15, 0.2) is 5.82 Å². The highest BCUT2D eigenvalue weighted by atomic mass is 19.1. The molecule has 25 heavy (non-hydrogen) atoms. The van der Waals surface area contributed by atoms with Crippen LogP contribution in [-0.4, -0.2) is 46.2 Å². The van der Waals surface area contributed by atoms with Crippen LogP contribution in [0.4, 0.5) is 10.3 Å². The molecule has 0 unspecified atom stereocenters. The largest absolute Gasteiger partial charge is 0.465 e. The molecule has 0 saturated carbocycles. The Morgan fingerprint density at radius 2 is 2.20 bits per heavy atom. The number of aromatic nitrogens is 2. The highest BCUT2D eigenvalue weighted by Crippen LogP contribution is 2.36. The number of hydrogen-bond acceptors (Lipinski definition) is 6. The summed E-state index contributed by atoms with van der Waals surface area (Å²) < 4.78 is 24.8. The second-order valence-electron chi connectivity index (χ2n) is 7.09. The first-order valence-electron chi connectivity index (χ1n) is 8.76. The molecule has 0 amide bonds. The van der Waals surface area contributed by atoms with Crippen LogP contribution in [0, 0.1) is 12.7 Å². The normalized spacial score (nSPS) is 27.0. The molecule has 2 aromatic rings. The number of furan rings is 1. The molecule has 4 rings (SSSR count). The van der Waals surface area contributed by atoms with Crippen molar-refractivity contribution in [2.45, 2.75) is 44.4 Å². The highest BCUT2D eigenvalue weighted by Gasteiger charge is 2.43. The van der Waals surface area contributed by atoms with E-state index in [0.29, 0.717) is 12.6 Å². The van der Waals surface area contributed by atoms with Gasteiger partial charge in [0.05, 0.1) is 37.2 Å². The minimum Gasteiger partial charge on any atom is -0.465 e. The number of likely N-dealkylation sites (tertiary alicyclic amines) is 1. The Hall–Kier alpha value is -1.99. The van der Waals surface area contributed by atoms with E-state index in [1.54, 1.807) is 0 Å². The van der Waals surface area contributed by atoms with Gasteiger partial charge in [0, 0.05) is 13.0 Å². The van der Waals surface area contributed by atoms with Crippen LogP contribution in [0.2, 0.25) is 0 Å². The summed E-state index contributed by atoms with van der Waals surface area (Å²) in [7, 11) is 0. The maximum absolute atomic E-state index is 12.9. The first-order valence-corrected chi connectivity index (χ1v) is 8.76. The molecular formula is C18H23FN4O2. The number of halogens is 1. The van der Waals surface area contributed by atoms with Crippen molar-refractivity contribution >= 4 is 5.95 Å². The molecule has 0 bridgehead atoms. The fourth-order valence-electron chi connectivity index (χ4n) is 3.91. The van der Waals surface area contributed by atoms with Gasteiger partial charge in [-0.25, -0.2) is 14.4 Å². The topological polar surface area (TPSA) is 63.4 Å². The molecule has 1 spiro atoms. The van der Waals surface area contributed by atoms with Crippen molar-refractivity contribution in [1.82, 2.24) is 14.9 Å². The van der Waals surface area contributed by atoms with Crippen molar-refractivity contribution in [3.63, 3.8) is 0 Å². The lowest BCUT2D eigenvalue weighted by Gasteiger charge is -2.39. The Morgan fingerprint density at radius 1 is 1.36 bits per heavy atom. The lowest BCUT2D eigenvalue weighted by Crippen LogP contribution is -2.47. The van der Waals surface area contributed by atoms with Gasteiger partial charge in [-0.1, -0.05) is 0 Å². The third-order valence-electron chi connectivity index (χ3n) is 4.96. The standard InChI is InChI=1S/C18H23FN4O2/c1-13-3-4-16(25-13)10-23-6-2-5-18(12-23)7-15(11-24-18)22-17-20-8-14(19)9-21-17/h3-4,8-9,15H,2,5-7,10-12H2,1H3,(H,20,21,22)/t15-,18-/m0/s1. The zero-order chi connectivity index (χ0) is 17.3. The summed E-state index contributed by atoms with van der Waals surface area (Å²) in [5, 5.41) is 3.26. The SMILES string of the molecule is Cc1ccc(CN2CCC[C@]3(C[C@H](Nc4ncc(F)cn4)CO3)C2)o1. The number of nitrogens with one attached hydrogen (secondary N) is 1. The van der Waals surface area contributed by atoms with E-state index in [0.717, 1.165) is 50.4 Å². The van der Waals surface area contributed by atoms with E-state index in [1.807, 2.05) is 19.1 Å². The monoisotopic (exact) mass is 346 g/mol. The summed E-state index contributed by atoms with van der Waals surface area (Å²) in [6, 6.07) is 4.20. The smallest absolute Gasteiger partial charge is 0.223 e. The molecule has 2 saturated heterocycles. The Kier molecular flexibility index (Phi) is 4.43. The number of aryl methyl sites for hydroxylation is 1. The Balaban J connectivity index is 1.36. The van der Waals surface area contributed by atoms with Crippen molar-refractivity contribution < 1.29 is 13.5 Å². The number of rotatable bonds is 4. The Morgan fingerprint density at radius 3 is 2.96 bits per heavy atom. The molecule has 0 aliphatic carbocycles. The van der Waals surface area contributed by atoms with Gasteiger partial charge in [-0.2, -0.15) is 0 Å². The molecule has 1 N–H and O–H groups in total. The quantitative estimate of drug-likeness (QED) is 0.918. The van der Waals surface area contributed by atoms with Crippen LogP contribution in [0.1, 0.15) is 30.8 Å². The highest BCUT2D eigenvalue weighted by molar-refractivity contribution is 5.26. The van der Waals surface area contributed by atoms with Gasteiger partial charge in [-0.15, -0.1) is 0 Å². The van der Waals surface area contributed by atoms with Gasteiger partial charge in [0.1, 0.15) is 11.5 Å². The molecule has 0 radical (unpaired) electrons. The molecular weight excluding hydrogens is 323 g/mol.